The van der Waals surface area contributed by atoms with Crippen molar-refractivity contribution in [2.45, 2.75) is 69.1 Å². The van der Waals surface area contributed by atoms with Gasteiger partial charge < -0.3 is 4.90 Å². The van der Waals surface area contributed by atoms with Gasteiger partial charge in [0, 0.05) is 22.5 Å². The predicted molar refractivity (Wildman–Crippen MR) is 203 cm³/mol. The van der Waals surface area contributed by atoms with Gasteiger partial charge in [0.2, 0.25) is 0 Å². The van der Waals surface area contributed by atoms with Crippen LogP contribution in [0.15, 0.2) is 146 Å². The van der Waals surface area contributed by atoms with Crippen LogP contribution in [0.3, 0.4) is 0 Å². The van der Waals surface area contributed by atoms with Gasteiger partial charge in [0.25, 0.3) is 0 Å². The monoisotopic (exact) mass is 623 g/mol. The molecule has 0 saturated heterocycles. The van der Waals surface area contributed by atoms with Crippen LogP contribution < -0.4 is 4.90 Å². The van der Waals surface area contributed by atoms with Crippen molar-refractivity contribution in [1.82, 2.24) is 0 Å². The molecule has 6 aromatic carbocycles. The molecule has 3 atom stereocenters. The van der Waals surface area contributed by atoms with Crippen LogP contribution in [-0.2, 0) is 5.41 Å². The van der Waals surface area contributed by atoms with Crippen molar-refractivity contribution in [3.8, 4) is 11.1 Å². The minimum atomic E-state index is 0.104. The highest BCUT2D eigenvalue weighted by Gasteiger charge is 2.40. The van der Waals surface area contributed by atoms with Gasteiger partial charge in [-0.25, -0.2) is 0 Å². The number of hydrogen-bond donors (Lipinski definition) is 0. The summed E-state index contributed by atoms with van der Waals surface area (Å²) in [6.07, 6.45) is 12.1. The molecule has 48 heavy (non-hydrogen) atoms. The fourth-order valence-electron chi connectivity index (χ4n) is 9.73. The number of benzene rings is 6. The lowest BCUT2D eigenvalue weighted by Gasteiger charge is -2.39. The zero-order valence-corrected chi connectivity index (χ0v) is 27.9. The van der Waals surface area contributed by atoms with Crippen LogP contribution in [0.1, 0.15) is 80.4 Å². The van der Waals surface area contributed by atoms with Crippen molar-refractivity contribution >= 4 is 27.8 Å². The summed E-state index contributed by atoms with van der Waals surface area (Å²) >= 11 is 0. The minimum Gasteiger partial charge on any atom is -0.311 e. The molecule has 0 aromatic heterocycles. The summed E-state index contributed by atoms with van der Waals surface area (Å²) in [7, 11) is 0. The number of anilines is 3. The number of hydrogen-bond acceptors (Lipinski definition) is 1. The van der Waals surface area contributed by atoms with Crippen LogP contribution in [0, 0.1) is 11.8 Å². The minimum absolute atomic E-state index is 0.104. The van der Waals surface area contributed by atoms with Crippen LogP contribution >= 0.6 is 0 Å². The largest absolute Gasteiger partial charge is 0.311 e. The van der Waals surface area contributed by atoms with E-state index in [2.05, 4.69) is 150 Å². The quantitative estimate of drug-likeness (QED) is 0.171. The van der Waals surface area contributed by atoms with Crippen LogP contribution in [0.4, 0.5) is 17.1 Å². The Balaban J connectivity index is 1.08. The Morgan fingerprint density at radius 3 is 1.75 bits per heavy atom. The molecule has 2 bridgehead atoms. The molecule has 3 saturated carbocycles. The first-order valence-corrected chi connectivity index (χ1v) is 18.4. The average Bonchev–Trinajstić information content (AvgIpc) is 3.81. The molecule has 0 N–H and O–H groups in total. The van der Waals surface area contributed by atoms with E-state index < -0.39 is 0 Å². The van der Waals surface area contributed by atoms with E-state index in [1.54, 1.807) is 0 Å². The van der Waals surface area contributed by atoms with Crippen LogP contribution in [0.25, 0.3) is 21.9 Å². The van der Waals surface area contributed by atoms with Gasteiger partial charge in [-0.2, -0.15) is 0 Å². The Bertz CT molecular complexity index is 2000. The lowest BCUT2D eigenvalue weighted by molar-refractivity contribution is 0.346. The molecule has 0 radical (unpaired) electrons. The van der Waals surface area contributed by atoms with E-state index in [-0.39, 0.29) is 5.41 Å². The van der Waals surface area contributed by atoms with Gasteiger partial charge in [0.15, 0.2) is 0 Å². The molecule has 6 aromatic rings. The Kier molecular flexibility index (Phi) is 7.65. The normalized spacial score (nSPS) is 21.4. The van der Waals surface area contributed by atoms with Crippen molar-refractivity contribution in [2.24, 2.45) is 11.8 Å². The molecule has 3 aliphatic rings. The number of rotatable bonds is 7. The summed E-state index contributed by atoms with van der Waals surface area (Å²) in [6, 6.07) is 55.0. The highest BCUT2D eigenvalue weighted by molar-refractivity contribution is 5.88. The van der Waals surface area contributed by atoms with E-state index in [1.165, 1.54) is 113 Å². The number of fused-ring (bicyclic) bond motifs is 3. The summed E-state index contributed by atoms with van der Waals surface area (Å²) in [5.74, 6) is 2.60. The summed E-state index contributed by atoms with van der Waals surface area (Å²) < 4.78 is 0. The average molecular weight is 624 g/mol. The Hall–Kier alpha value is -4.62. The van der Waals surface area contributed by atoms with Crippen molar-refractivity contribution in [3.05, 3.63) is 162 Å². The first-order chi connectivity index (χ1) is 23.7. The highest BCUT2D eigenvalue weighted by Crippen LogP contribution is 2.53. The van der Waals surface area contributed by atoms with Crippen molar-refractivity contribution in [2.75, 3.05) is 4.90 Å². The van der Waals surface area contributed by atoms with Gasteiger partial charge in [0.1, 0.15) is 0 Å². The Labute approximate surface area is 286 Å². The van der Waals surface area contributed by atoms with Gasteiger partial charge in [-0.15, -0.1) is 0 Å². The van der Waals surface area contributed by atoms with Gasteiger partial charge in [-0.3, -0.25) is 0 Å². The van der Waals surface area contributed by atoms with Crippen LogP contribution in [0.2, 0.25) is 0 Å². The molecule has 0 heterocycles. The molecule has 3 aliphatic carbocycles. The standard InChI is InChI=1S/C47H45N/c1-3-11-41(12-4-1)47(29-7-2-8-30-47)42-21-27-45(28-22-42)48(44-25-19-37(20-26-44)46-32-34-13-14-40(46)31-34)43-23-17-36(18-24-43)39-16-15-35-9-5-6-10-38(35)33-39/h1,3-6,9-12,15-28,33-34,40,46H,2,7-8,13-14,29-32H2. The van der Waals surface area contributed by atoms with Crippen LogP contribution in [-0.4, -0.2) is 0 Å². The van der Waals surface area contributed by atoms with Crippen molar-refractivity contribution in [3.63, 3.8) is 0 Å². The maximum Gasteiger partial charge on any atom is 0.0462 e. The summed E-state index contributed by atoms with van der Waals surface area (Å²) in [5.41, 5.74) is 10.7. The lowest BCUT2D eigenvalue weighted by Crippen LogP contribution is -2.30. The third kappa shape index (κ3) is 5.34. The highest BCUT2D eigenvalue weighted by atomic mass is 15.1. The molecule has 0 aliphatic heterocycles. The number of nitrogens with zero attached hydrogens (tertiary/aromatic N) is 1. The molecule has 0 amide bonds. The van der Waals surface area contributed by atoms with E-state index in [0.717, 1.165) is 17.8 Å². The maximum atomic E-state index is 2.45. The molecule has 3 unspecified atom stereocenters. The molecule has 0 spiro atoms. The van der Waals surface area contributed by atoms with E-state index in [0.29, 0.717) is 0 Å². The van der Waals surface area contributed by atoms with E-state index in [4.69, 9.17) is 0 Å². The molecular formula is C47H45N. The Morgan fingerprint density at radius 2 is 1.08 bits per heavy atom. The molecule has 9 rings (SSSR count). The van der Waals surface area contributed by atoms with Crippen LogP contribution in [0.5, 0.6) is 0 Å². The summed E-state index contributed by atoms with van der Waals surface area (Å²) in [4.78, 5) is 2.45. The van der Waals surface area contributed by atoms with Gasteiger partial charge in [0.05, 0.1) is 0 Å². The van der Waals surface area contributed by atoms with E-state index >= 15 is 0 Å². The molecule has 3 fully saturated rings. The zero-order valence-electron chi connectivity index (χ0n) is 27.9. The predicted octanol–water partition coefficient (Wildman–Crippen LogP) is 13.1. The third-order valence-corrected chi connectivity index (χ3v) is 12.2. The van der Waals surface area contributed by atoms with Crippen molar-refractivity contribution < 1.29 is 0 Å². The Morgan fingerprint density at radius 1 is 0.479 bits per heavy atom. The fraction of sp³-hybridized carbons (Fsp3) is 0.277. The lowest BCUT2D eigenvalue weighted by atomic mass is 9.65. The molecule has 1 heteroatoms. The summed E-state index contributed by atoms with van der Waals surface area (Å²) in [6.45, 7) is 0. The second kappa shape index (κ2) is 12.4. The van der Waals surface area contributed by atoms with Gasteiger partial charge >= 0.3 is 0 Å². The van der Waals surface area contributed by atoms with Crippen molar-refractivity contribution in [1.29, 1.82) is 0 Å². The first kappa shape index (κ1) is 29.5. The topological polar surface area (TPSA) is 3.24 Å². The van der Waals surface area contributed by atoms with Gasteiger partial charge in [-0.05, 0) is 131 Å². The second-order valence-electron chi connectivity index (χ2n) is 14.9. The van der Waals surface area contributed by atoms with Gasteiger partial charge in [-0.1, -0.05) is 129 Å². The van der Waals surface area contributed by atoms with E-state index in [9.17, 15) is 0 Å². The smallest absolute Gasteiger partial charge is 0.0462 e. The van der Waals surface area contributed by atoms with E-state index in [1.807, 2.05) is 0 Å². The maximum absolute atomic E-state index is 2.45. The molecule has 1 nitrogen and oxygen atoms in total. The molecule has 238 valence electrons. The first-order valence-electron chi connectivity index (χ1n) is 18.4. The fourth-order valence-corrected chi connectivity index (χ4v) is 9.73. The third-order valence-electron chi connectivity index (χ3n) is 12.2. The molecular weight excluding hydrogens is 579 g/mol. The zero-order chi connectivity index (χ0) is 31.9. The second-order valence-corrected chi connectivity index (χ2v) is 14.9. The summed E-state index contributed by atoms with van der Waals surface area (Å²) in [5, 5.41) is 2.56. The SMILES string of the molecule is c1ccc(C2(c3ccc(N(c4ccc(-c5ccc6ccccc6c5)cc4)c4ccc(C5CC6CCC5C6)cc4)cc3)CCCCC2)cc1.